The van der Waals surface area contributed by atoms with E-state index in [0.29, 0.717) is 0 Å². The van der Waals surface area contributed by atoms with Gasteiger partial charge in [-0.05, 0) is 6.07 Å². The number of aromatic nitrogens is 1. The van der Waals surface area contributed by atoms with Crippen LogP contribution in [0.2, 0.25) is 5.02 Å². The molecule has 1 N–H and O–H groups in total. The van der Waals surface area contributed by atoms with Crippen molar-refractivity contribution in [3.05, 3.63) is 23.2 Å². The van der Waals surface area contributed by atoms with Crippen molar-refractivity contribution in [1.29, 1.82) is 0 Å². The van der Waals surface area contributed by atoms with Crippen LogP contribution in [0, 0.1) is 5.95 Å². The van der Waals surface area contributed by atoms with Crippen molar-refractivity contribution in [3.63, 3.8) is 0 Å². The van der Waals surface area contributed by atoms with E-state index in [0.717, 1.165) is 0 Å². The number of rotatable bonds is 0. The molecule has 0 saturated heterocycles. The Morgan fingerprint density at radius 3 is 2.78 bits per heavy atom. The van der Waals surface area contributed by atoms with Gasteiger partial charge in [-0.15, -0.1) is 0 Å². The minimum atomic E-state index is -0.942. The highest BCUT2D eigenvalue weighted by Gasteiger charge is 2.03. The Bertz CT molecular complexity index is 208. The lowest BCUT2D eigenvalue weighted by atomic mass is 10.4. The van der Waals surface area contributed by atoms with Crippen LogP contribution in [0.25, 0.3) is 0 Å². The lowest BCUT2D eigenvalue weighted by molar-refractivity contribution is 0.419. The van der Waals surface area contributed by atoms with E-state index in [1.807, 2.05) is 0 Å². The van der Waals surface area contributed by atoms with E-state index in [-0.39, 0.29) is 5.02 Å². The molecule has 0 saturated carbocycles. The maximum absolute atomic E-state index is 12.1. The summed E-state index contributed by atoms with van der Waals surface area (Å²) in [5, 5.41) is 8.61. The standard InChI is InChI=1S/C5H3ClFNO/c6-3-1-2-8-5(7)4(3)9/h1-2,9H. The predicted molar refractivity (Wildman–Crippen MR) is 30.9 cm³/mol. The lowest BCUT2D eigenvalue weighted by Crippen LogP contribution is -1.80. The minimum absolute atomic E-state index is 0.0255. The van der Waals surface area contributed by atoms with E-state index in [2.05, 4.69) is 4.98 Å². The average molecular weight is 148 g/mol. The van der Waals surface area contributed by atoms with Gasteiger partial charge in [-0.25, -0.2) is 4.98 Å². The first-order chi connectivity index (χ1) is 4.22. The zero-order chi connectivity index (χ0) is 6.85. The molecule has 0 aliphatic carbocycles. The van der Waals surface area contributed by atoms with Crippen LogP contribution in [0.15, 0.2) is 12.3 Å². The van der Waals surface area contributed by atoms with Crippen LogP contribution in [-0.4, -0.2) is 10.1 Å². The zero-order valence-electron chi connectivity index (χ0n) is 4.31. The molecule has 0 aliphatic heterocycles. The number of hydrogen-bond donors (Lipinski definition) is 1. The van der Waals surface area contributed by atoms with Crippen molar-refractivity contribution in [2.45, 2.75) is 0 Å². The summed E-state index contributed by atoms with van der Waals surface area (Å²) in [5.74, 6) is -1.54. The summed E-state index contributed by atoms with van der Waals surface area (Å²) < 4.78 is 12.1. The molecule has 0 unspecified atom stereocenters. The molecule has 0 aliphatic rings. The molecule has 1 aromatic rings. The molecule has 0 atom stereocenters. The highest BCUT2D eigenvalue weighted by atomic mass is 35.5. The van der Waals surface area contributed by atoms with E-state index in [1.54, 1.807) is 0 Å². The van der Waals surface area contributed by atoms with Crippen molar-refractivity contribution >= 4 is 11.6 Å². The summed E-state index contributed by atoms with van der Waals surface area (Å²) >= 11 is 5.28. The number of halogens is 2. The third kappa shape index (κ3) is 1.10. The molecule has 4 heteroatoms. The fourth-order valence-electron chi connectivity index (χ4n) is 0.407. The van der Waals surface area contributed by atoms with Crippen LogP contribution < -0.4 is 0 Å². The van der Waals surface area contributed by atoms with Gasteiger partial charge in [-0.1, -0.05) is 11.6 Å². The molecule has 1 rings (SSSR count). The monoisotopic (exact) mass is 147 g/mol. The van der Waals surface area contributed by atoms with E-state index >= 15 is 0 Å². The van der Waals surface area contributed by atoms with Crippen molar-refractivity contribution < 1.29 is 9.50 Å². The third-order valence-corrected chi connectivity index (χ3v) is 1.14. The minimum Gasteiger partial charge on any atom is -0.503 e. The number of pyridine rings is 1. The van der Waals surface area contributed by atoms with Gasteiger partial charge in [0.15, 0.2) is 5.75 Å². The summed E-state index contributed by atoms with van der Waals surface area (Å²) in [6, 6.07) is 1.31. The van der Waals surface area contributed by atoms with Gasteiger partial charge in [0.1, 0.15) is 0 Å². The topological polar surface area (TPSA) is 33.1 Å². The van der Waals surface area contributed by atoms with Gasteiger partial charge in [0.2, 0.25) is 0 Å². The first kappa shape index (κ1) is 6.29. The smallest absolute Gasteiger partial charge is 0.256 e. The Kier molecular flexibility index (Phi) is 1.53. The predicted octanol–water partition coefficient (Wildman–Crippen LogP) is 1.58. The maximum Gasteiger partial charge on any atom is 0.256 e. The van der Waals surface area contributed by atoms with Crippen molar-refractivity contribution in [2.24, 2.45) is 0 Å². The van der Waals surface area contributed by atoms with Gasteiger partial charge in [0.25, 0.3) is 5.95 Å². The first-order valence-electron chi connectivity index (χ1n) is 2.21. The Labute approximate surface area is 55.9 Å². The number of nitrogens with zero attached hydrogens (tertiary/aromatic N) is 1. The van der Waals surface area contributed by atoms with Crippen LogP contribution in [-0.2, 0) is 0 Å². The zero-order valence-corrected chi connectivity index (χ0v) is 5.06. The average Bonchev–Trinajstić information content (AvgIpc) is 1.83. The molecule has 9 heavy (non-hydrogen) atoms. The van der Waals surface area contributed by atoms with Crippen LogP contribution >= 0.6 is 11.6 Å². The molecule has 1 aromatic heterocycles. The maximum atomic E-state index is 12.1. The Morgan fingerprint density at radius 1 is 1.67 bits per heavy atom. The number of hydrogen-bond acceptors (Lipinski definition) is 2. The van der Waals surface area contributed by atoms with Crippen LogP contribution in [0.1, 0.15) is 0 Å². The molecule has 1 heterocycles. The Morgan fingerprint density at radius 2 is 2.33 bits per heavy atom. The van der Waals surface area contributed by atoms with Crippen molar-refractivity contribution in [3.8, 4) is 5.75 Å². The molecule has 0 amide bonds. The van der Waals surface area contributed by atoms with E-state index < -0.39 is 11.7 Å². The van der Waals surface area contributed by atoms with Gasteiger partial charge in [-0.3, -0.25) is 0 Å². The molecule has 0 spiro atoms. The summed E-state index contributed by atoms with van der Waals surface area (Å²) in [7, 11) is 0. The van der Waals surface area contributed by atoms with Crippen molar-refractivity contribution in [1.82, 2.24) is 4.98 Å². The van der Waals surface area contributed by atoms with Gasteiger partial charge >= 0.3 is 0 Å². The summed E-state index contributed by atoms with van der Waals surface area (Å²) in [6.45, 7) is 0. The molecule has 0 bridgehead atoms. The van der Waals surface area contributed by atoms with Gasteiger partial charge in [0.05, 0.1) is 5.02 Å². The van der Waals surface area contributed by atoms with E-state index in [4.69, 9.17) is 16.7 Å². The molecule has 48 valence electrons. The van der Waals surface area contributed by atoms with E-state index in [1.165, 1.54) is 12.3 Å². The van der Waals surface area contributed by atoms with E-state index in [9.17, 15) is 4.39 Å². The van der Waals surface area contributed by atoms with Gasteiger partial charge < -0.3 is 5.11 Å². The molecule has 2 nitrogen and oxygen atoms in total. The second-order valence-electron chi connectivity index (χ2n) is 1.43. The van der Waals surface area contributed by atoms with Gasteiger partial charge in [0, 0.05) is 6.20 Å². The normalized spacial score (nSPS) is 9.56. The highest BCUT2D eigenvalue weighted by Crippen LogP contribution is 2.22. The third-order valence-electron chi connectivity index (χ3n) is 0.830. The van der Waals surface area contributed by atoms with Crippen molar-refractivity contribution in [2.75, 3.05) is 0 Å². The Hall–Kier alpha value is -0.830. The molecular weight excluding hydrogens is 145 g/mol. The largest absolute Gasteiger partial charge is 0.503 e. The van der Waals surface area contributed by atoms with Crippen LogP contribution in [0.3, 0.4) is 0 Å². The molecule has 0 aromatic carbocycles. The quantitative estimate of drug-likeness (QED) is 0.566. The summed E-state index contributed by atoms with van der Waals surface area (Å²) in [6.07, 6.45) is 1.18. The number of aromatic hydroxyl groups is 1. The van der Waals surface area contributed by atoms with Crippen LogP contribution in [0.4, 0.5) is 4.39 Å². The molecule has 0 fully saturated rings. The Balaban J connectivity index is 3.25. The lowest BCUT2D eigenvalue weighted by Gasteiger charge is -1.93. The SMILES string of the molecule is Oc1c(Cl)ccnc1F. The van der Waals surface area contributed by atoms with Crippen LogP contribution in [0.5, 0.6) is 5.75 Å². The first-order valence-corrected chi connectivity index (χ1v) is 2.58. The molecule has 0 radical (unpaired) electrons. The highest BCUT2D eigenvalue weighted by molar-refractivity contribution is 6.31. The second kappa shape index (κ2) is 2.19. The fourth-order valence-corrected chi connectivity index (χ4v) is 0.541. The fraction of sp³-hybridized carbons (Fsp3) is 0. The summed E-state index contributed by atoms with van der Waals surface area (Å²) in [4.78, 5) is 3.14. The van der Waals surface area contributed by atoms with Gasteiger partial charge in [-0.2, -0.15) is 4.39 Å². The molecular formula is C5H3ClFNO. The second-order valence-corrected chi connectivity index (χ2v) is 1.84. The summed E-state index contributed by atoms with van der Waals surface area (Å²) in [5.41, 5.74) is 0.